The molecule has 0 aliphatic carbocycles. The van der Waals surface area contributed by atoms with Crippen molar-refractivity contribution in [2.75, 3.05) is 24.5 Å². The van der Waals surface area contributed by atoms with Gasteiger partial charge in [-0.05, 0) is 87.9 Å². The molecule has 228 valence electrons. The normalized spacial score (nSPS) is 20.1. The number of hydrogen-bond acceptors (Lipinski definition) is 6. The number of amidine groups is 1. The summed E-state index contributed by atoms with van der Waals surface area (Å²) < 4.78 is 41.9. The number of anilines is 1. The van der Waals surface area contributed by atoms with Crippen LogP contribution in [0.25, 0.3) is 6.08 Å². The minimum Gasteiger partial charge on any atom is -0.406 e. The summed E-state index contributed by atoms with van der Waals surface area (Å²) in [5, 5.41) is 5.45. The number of benzene rings is 2. The van der Waals surface area contributed by atoms with Crippen LogP contribution in [0.2, 0.25) is 0 Å². The third kappa shape index (κ3) is 6.29. The quantitative estimate of drug-likeness (QED) is 0.445. The number of nitrogens with one attached hydrogen (secondary N) is 2. The van der Waals surface area contributed by atoms with Gasteiger partial charge >= 0.3 is 12.4 Å². The van der Waals surface area contributed by atoms with Crippen molar-refractivity contribution in [2.24, 2.45) is 4.99 Å². The van der Waals surface area contributed by atoms with E-state index in [4.69, 9.17) is 0 Å². The molecular formula is C31H34F3N5O4. The fourth-order valence-corrected chi connectivity index (χ4v) is 5.76. The fourth-order valence-electron chi connectivity index (χ4n) is 5.76. The van der Waals surface area contributed by atoms with Crippen molar-refractivity contribution in [3.63, 3.8) is 0 Å². The Balaban J connectivity index is 1.17. The largest absolute Gasteiger partial charge is 0.573 e. The molecule has 2 fully saturated rings. The maximum atomic E-state index is 12.9. The molecule has 5 rings (SSSR count). The molecule has 3 aliphatic heterocycles. The van der Waals surface area contributed by atoms with Crippen LogP contribution in [0.1, 0.15) is 55.4 Å². The summed E-state index contributed by atoms with van der Waals surface area (Å²) in [4.78, 5) is 46.1. The van der Waals surface area contributed by atoms with Crippen molar-refractivity contribution in [3.05, 3.63) is 64.7 Å². The summed E-state index contributed by atoms with van der Waals surface area (Å²) in [5.41, 5.74) is 1.97. The number of ether oxygens (including phenoxy) is 1. The Labute approximate surface area is 247 Å². The van der Waals surface area contributed by atoms with E-state index in [0.29, 0.717) is 37.2 Å². The fraction of sp³-hybridized carbons (Fsp3) is 0.419. The summed E-state index contributed by atoms with van der Waals surface area (Å²) in [7, 11) is 0. The second kappa shape index (κ2) is 11.1. The highest BCUT2D eigenvalue weighted by Gasteiger charge is 2.46. The van der Waals surface area contributed by atoms with Crippen LogP contribution in [0.5, 0.6) is 5.75 Å². The van der Waals surface area contributed by atoms with Crippen molar-refractivity contribution >= 4 is 35.4 Å². The van der Waals surface area contributed by atoms with Gasteiger partial charge in [0.1, 0.15) is 22.7 Å². The zero-order valence-corrected chi connectivity index (χ0v) is 24.5. The average molecular weight is 598 g/mol. The lowest BCUT2D eigenvalue weighted by atomic mass is 9.88. The Morgan fingerprint density at radius 3 is 2.33 bits per heavy atom. The van der Waals surface area contributed by atoms with Gasteiger partial charge in [-0.1, -0.05) is 24.3 Å². The number of carbonyl (C=O) groups is 3. The number of carbonyl (C=O) groups excluding carboxylic acids is 3. The first kappa shape index (κ1) is 30.3. The van der Waals surface area contributed by atoms with Crippen molar-refractivity contribution < 1.29 is 32.3 Å². The Hall–Kier alpha value is -4.19. The van der Waals surface area contributed by atoms with Crippen molar-refractivity contribution in [3.8, 4) is 5.75 Å². The van der Waals surface area contributed by atoms with Gasteiger partial charge in [0.15, 0.2) is 0 Å². The van der Waals surface area contributed by atoms with Gasteiger partial charge in [0.25, 0.3) is 11.8 Å². The molecule has 3 aliphatic rings. The van der Waals surface area contributed by atoms with Crippen LogP contribution in [0.15, 0.2) is 47.5 Å². The highest BCUT2D eigenvalue weighted by atomic mass is 19.4. The first-order chi connectivity index (χ1) is 20.2. The van der Waals surface area contributed by atoms with Crippen LogP contribution in [-0.2, 0) is 9.59 Å². The molecule has 2 N–H and O–H groups in total. The third-order valence-corrected chi connectivity index (χ3v) is 8.10. The number of hydrogen-bond donors (Lipinski definition) is 2. The Kier molecular flexibility index (Phi) is 7.84. The summed E-state index contributed by atoms with van der Waals surface area (Å²) in [6, 6.07) is 8.69. The maximum Gasteiger partial charge on any atom is 0.573 e. The van der Waals surface area contributed by atoms with Crippen LogP contribution in [0, 0.1) is 13.8 Å². The van der Waals surface area contributed by atoms with Crippen LogP contribution in [0.4, 0.5) is 23.7 Å². The lowest BCUT2D eigenvalue weighted by Crippen LogP contribution is -2.49. The molecule has 2 saturated heterocycles. The molecule has 1 spiro atoms. The highest BCUT2D eigenvalue weighted by molar-refractivity contribution is 6.23. The summed E-state index contributed by atoms with van der Waals surface area (Å²) in [6.07, 6.45) is 1.12. The van der Waals surface area contributed by atoms with E-state index in [1.807, 2.05) is 32.1 Å². The number of nitrogens with zero attached hydrogens (tertiary/aromatic N) is 3. The van der Waals surface area contributed by atoms with E-state index < -0.39 is 23.5 Å². The lowest BCUT2D eigenvalue weighted by Gasteiger charge is -2.35. The SMILES string of the molecule is Cc1cc(N2C(=O)NC(C)(C)C2=O)cc(C)c1/C=C/CCN1CCC2(CC1)N=C(c1cccc(OC(F)(F)F)c1)NC2=O. The van der Waals surface area contributed by atoms with E-state index in [1.165, 1.54) is 23.1 Å². The number of halogens is 3. The topological polar surface area (TPSA) is 103 Å². The molecule has 0 aromatic heterocycles. The van der Waals surface area contributed by atoms with Crippen LogP contribution < -0.4 is 20.3 Å². The van der Waals surface area contributed by atoms with Gasteiger partial charge in [-0.2, -0.15) is 0 Å². The number of aryl methyl sites for hydroxylation is 2. The second-order valence-electron chi connectivity index (χ2n) is 11.7. The van der Waals surface area contributed by atoms with Crippen LogP contribution in [-0.4, -0.2) is 65.7 Å². The zero-order valence-electron chi connectivity index (χ0n) is 24.5. The summed E-state index contributed by atoms with van der Waals surface area (Å²) >= 11 is 0. The molecule has 9 nitrogen and oxygen atoms in total. The minimum atomic E-state index is -4.81. The Bertz CT molecular complexity index is 1500. The molecular weight excluding hydrogens is 563 g/mol. The van der Waals surface area contributed by atoms with Gasteiger partial charge in [-0.3, -0.25) is 14.6 Å². The van der Waals surface area contributed by atoms with Crippen molar-refractivity contribution in [1.82, 2.24) is 15.5 Å². The van der Waals surface area contributed by atoms with Crippen molar-refractivity contribution in [2.45, 2.75) is 64.4 Å². The van der Waals surface area contributed by atoms with Crippen molar-refractivity contribution in [1.29, 1.82) is 0 Å². The van der Waals surface area contributed by atoms with Gasteiger partial charge in [-0.25, -0.2) is 9.69 Å². The molecule has 12 heteroatoms. The van der Waals surface area contributed by atoms with E-state index in [1.54, 1.807) is 19.9 Å². The smallest absolute Gasteiger partial charge is 0.406 e. The van der Waals surface area contributed by atoms with Gasteiger partial charge in [-0.15, -0.1) is 13.2 Å². The van der Waals surface area contributed by atoms with Gasteiger partial charge < -0.3 is 20.3 Å². The van der Waals surface area contributed by atoms with Gasteiger partial charge in [0.05, 0.1) is 5.69 Å². The maximum absolute atomic E-state index is 12.9. The summed E-state index contributed by atoms with van der Waals surface area (Å²) in [5.74, 6) is -0.644. The number of alkyl halides is 3. The number of piperidine rings is 1. The Morgan fingerprint density at radius 2 is 1.72 bits per heavy atom. The molecule has 2 aromatic carbocycles. The molecule has 0 saturated carbocycles. The first-order valence-corrected chi connectivity index (χ1v) is 14.1. The second-order valence-corrected chi connectivity index (χ2v) is 11.7. The number of aliphatic imine (C=N–C) groups is 1. The number of likely N-dealkylation sites (tertiary alicyclic amines) is 1. The minimum absolute atomic E-state index is 0.240. The zero-order chi connectivity index (χ0) is 31.2. The molecule has 3 heterocycles. The van der Waals surface area contributed by atoms with E-state index in [2.05, 4.69) is 31.3 Å². The highest BCUT2D eigenvalue weighted by Crippen LogP contribution is 2.33. The Morgan fingerprint density at radius 1 is 1.05 bits per heavy atom. The van der Waals surface area contributed by atoms with Crippen LogP contribution in [0.3, 0.4) is 0 Å². The van der Waals surface area contributed by atoms with Gasteiger partial charge in [0, 0.05) is 25.2 Å². The van der Waals surface area contributed by atoms with E-state index in [0.717, 1.165) is 29.7 Å². The van der Waals surface area contributed by atoms with E-state index in [9.17, 15) is 27.6 Å². The standard InChI is InChI=1S/C31H34F3N5O4/c1-19-16-22(39-27(41)29(3,4)37-28(39)42)17-20(2)24(19)10-5-6-13-38-14-11-30(12-15-38)26(40)35-25(36-30)21-8-7-9-23(18-21)43-31(32,33)34/h5,7-10,16-18H,6,11-15H2,1-4H3,(H,37,42)(H,35,36,40)/b10-5+. The first-order valence-electron chi connectivity index (χ1n) is 14.1. The molecule has 0 bridgehead atoms. The number of amides is 4. The number of urea groups is 1. The number of imide groups is 1. The predicted octanol–water partition coefficient (Wildman–Crippen LogP) is 4.85. The van der Waals surface area contributed by atoms with E-state index >= 15 is 0 Å². The van der Waals surface area contributed by atoms with E-state index in [-0.39, 0.29) is 23.4 Å². The van der Waals surface area contributed by atoms with Gasteiger partial charge in [0.2, 0.25) is 0 Å². The molecule has 0 unspecified atom stereocenters. The molecule has 2 aromatic rings. The van der Waals surface area contributed by atoms with Crippen LogP contribution >= 0.6 is 0 Å². The average Bonchev–Trinajstić information content (AvgIpc) is 3.33. The molecule has 43 heavy (non-hydrogen) atoms. The summed E-state index contributed by atoms with van der Waals surface area (Å²) in [6.45, 7) is 9.36. The third-order valence-electron chi connectivity index (χ3n) is 8.10. The molecule has 0 radical (unpaired) electrons. The lowest BCUT2D eigenvalue weighted by molar-refractivity contribution is -0.274. The predicted molar refractivity (Wildman–Crippen MR) is 156 cm³/mol. The molecule has 4 amide bonds. The monoisotopic (exact) mass is 597 g/mol. The number of rotatable bonds is 7. The molecule has 0 atom stereocenters.